The van der Waals surface area contributed by atoms with Gasteiger partial charge >= 0.3 is 0 Å². The smallest absolute Gasteiger partial charge is 0.190 e. The van der Waals surface area contributed by atoms with E-state index < -0.39 is 0 Å². The average molecular weight is 246 g/mol. The predicted octanol–water partition coefficient (Wildman–Crippen LogP) is 3.04. The summed E-state index contributed by atoms with van der Waals surface area (Å²) < 4.78 is 0. The molecule has 0 saturated carbocycles. The largest absolute Gasteiger partial charge is 0.210 e. The Morgan fingerprint density at radius 1 is 1.36 bits per heavy atom. The Hall–Kier alpha value is -0.760. The summed E-state index contributed by atoms with van der Waals surface area (Å²) in [7, 11) is 0. The van der Waals surface area contributed by atoms with Crippen LogP contribution in [0.15, 0.2) is 11.2 Å². The lowest BCUT2D eigenvalue weighted by Crippen LogP contribution is -1.91. The number of nitriles is 1. The van der Waals surface area contributed by atoms with Gasteiger partial charge in [0.15, 0.2) is 5.16 Å². The van der Waals surface area contributed by atoms with Crippen molar-refractivity contribution in [3.05, 3.63) is 21.9 Å². The molecule has 0 atom stereocenters. The van der Waals surface area contributed by atoms with Crippen LogP contribution in [0.25, 0.3) is 6.08 Å². The molecule has 1 rings (SSSR count). The molecule has 0 bridgehead atoms. The molecule has 1 aromatic heterocycles. The highest BCUT2D eigenvalue weighted by Gasteiger charge is 2.08. The molecule has 0 unspecified atom stereocenters. The van der Waals surface area contributed by atoms with Gasteiger partial charge in [-0.1, -0.05) is 35.0 Å². The van der Waals surface area contributed by atoms with Crippen LogP contribution in [0.5, 0.6) is 0 Å². The normalized spacial score (nSPS) is 10.4. The van der Waals surface area contributed by atoms with Crippen LogP contribution in [0, 0.1) is 11.3 Å². The molecule has 6 heteroatoms. The van der Waals surface area contributed by atoms with E-state index in [0.717, 1.165) is 0 Å². The zero-order chi connectivity index (χ0) is 10.6. The first kappa shape index (κ1) is 11.3. The molecule has 0 radical (unpaired) electrons. The lowest BCUT2D eigenvalue weighted by atomic mass is 10.3. The third-order valence-electron chi connectivity index (χ3n) is 1.34. The van der Waals surface area contributed by atoms with Gasteiger partial charge in [-0.05, 0) is 12.3 Å². The molecule has 0 N–H and O–H groups in total. The fourth-order valence-electron chi connectivity index (χ4n) is 0.748. The fraction of sp³-hybridized carbons (Fsp3) is 0.125. The van der Waals surface area contributed by atoms with Gasteiger partial charge in [0.25, 0.3) is 0 Å². The SMILES string of the molecule is CSc1nc(Cl)c(C=CC#N)c(Cl)n1. The van der Waals surface area contributed by atoms with Crippen molar-refractivity contribution in [2.75, 3.05) is 6.26 Å². The maximum atomic E-state index is 8.34. The van der Waals surface area contributed by atoms with Crippen LogP contribution in [-0.2, 0) is 0 Å². The first-order chi connectivity index (χ1) is 6.69. The van der Waals surface area contributed by atoms with Crippen LogP contribution in [0.3, 0.4) is 0 Å². The number of hydrogen-bond acceptors (Lipinski definition) is 4. The Balaban J connectivity index is 3.19. The minimum Gasteiger partial charge on any atom is -0.210 e. The lowest BCUT2D eigenvalue weighted by molar-refractivity contribution is 0.967. The van der Waals surface area contributed by atoms with Crippen LogP contribution in [0.1, 0.15) is 5.56 Å². The Morgan fingerprint density at radius 3 is 2.36 bits per heavy atom. The lowest BCUT2D eigenvalue weighted by Gasteiger charge is -2.01. The van der Waals surface area contributed by atoms with E-state index in [9.17, 15) is 0 Å². The first-order valence-corrected chi connectivity index (χ1v) is 5.50. The van der Waals surface area contributed by atoms with Gasteiger partial charge in [0, 0.05) is 6.08 Å². The molecule has 0 aliphatic heterocycles. The molecule has 0 saturated heterocycles. The summed E-state index contributed by atoms with van der Waals surface area (Å²) in [6.07, 6.45) is 4.58. The summed E-state index contributed by atoms with van der Waals surface area (Å²) in [5, 5.41) is 9.35. The maximum absolute atomic E-state index is 8.34. The number of aromatic nitrogens is 2. The minimum atomic E-state index is 0.251. The second-order valence-corrected chi connectivity index (χ2v) is 3.66. The third-order valence-corrected chi connectivity index (χ3v) is 2.46. The maximum Gasteiger partial charge on any atom is 0.190 e. The monoisotopic (exact) mass is 245 g/mol. The molecule has 0 spiro atoms. The third kappa shape index (κ3) is 2.61. The number of hydrogen-bond donors (Lipinski definition) is 0. The van der Waals surface area contributed by atoms with E-state index in [2.05, 4.69) is 9.97 Å². The number of halogens is 2. The molecule has 0 amide bonds. The van der Waals surface area contributed by atoms with Crippen LogP contribution < -0.4 is 0 Å². The van der Waals surface area contributed by atoms with E-state index in [-0.39, 0.29) is 10.3 Å². The van der Waals surface area contributed by atoms with Crippen molar-refractivity contribution in [2.24, 2.45) is 0 Å². The molecule has 0 fully saturated rings. The fourth-order valence-corrected chi connectivity index (χ4v) is 1.73. The van der Waals surface area contributed by atoms with Gasteiger partial charge in [-0.2, -0.15) is 5.26 Å². The van der Waals surface area contributed by atoms with Crippen LogP contribution in [0.2, 0.25) is 10.3 Å². The van der Waals surface area contributed by atoms with E-state index in [1.54, 1.807) is 0 Å². The van der Waals surface area contributed by atoms with E-state index >= 15 is 0 Å². The predicted molar refractivity (Wildman–Crippen MR) is 58.5 cm³/mol. The minimum absolute atomic E-state index is 0.251. The van der Waals surface area contributed by atoms with Crippen LogP contribution >= 0.6 is 35.0 Å². The Bertz CT molecular complexity index is 389. The molecule has 14 heavy (non-hydrogen) atoms. The zero-order valence-corrected chi connectivity index (χ0v) is 9.49. The Kier molecular flexibility index (Phi) is 4.21. The summed E-state index contributed by atoms with van der Waals surface area (Å²) in [5.74, 6) is 0. The molecule has 1 heterocycles. The van der Waals surface area contributed by atoms with E-state index in [0.29, 0.717) is 10.7 Å². The van der Waals surface area contributed by atoms with Crippen molar-refractivity contribution in [1.29, 1.82) is 5.26 Å². The summed E-state index contributed by atoms with van der Waals surface area (Å²) in [4.78, 5) is 7.96. The van der Waals surface area contributed by atoms with Gasteiger partial charge < -0.3 is 0 Å². The topological polar surface area (TPSA) is 49.6 Å². The van der Waals surface area contributed by atoms with Gasteiger partial charge in [-0.15, -0.1) is 0 Å². The molecular weight excluding hydrogens is 241 g/mol. The van der Waals surface area contributed by atoms with E-state index in [4.69, 9.17) is 28.5 Å². The highest BCUT2D eigenvalue weighted by Crippen LogP contribution is 2.25. The van der Waals surface area contributed by atoms with Gasteiger partial charge in [0.1, 0.15) is 10.3 Å². The number of rotatable bonds is 2. The van der Waals surface area contributed by atoms with Gasteiger partial charge in [0.05, 0.1) is 11.6 Å². The second-order valence-electron chi connectivity index (χ2n) is 2.17. The number of thioether (sulfide) groups is 1. The Morgan fingerprint density at radius 2 is 1.93 bits per heavy atom. The van der Waals surface area contributed by atoms with Crippen molar-refractivity contribution >= 4 is 41.0 Å². The Labute approximate surface area is 95.8 Å². The van der Waals surface area contributed by atoms with Crippen molar-refractivity contribution in [3.8, 4) is 6.07 Å². The highest BCUT2D eigenvalue weighted by atomic mass is 35.5. The first-order valence-electron chi connectivity index (χ1n) is 3.52. The van der Waals surface area contributed by atoms with E-state index in [1.807, 2.05) is 12.3 Å². The average Bonchev–Trinajstić information content (AvgIpc) is 2.16. The van der Waals surface area contributed by atoms with Crippen LogP contribution in [0.4, 0.5) is 0 Å². The van der Waals surface area contributed by atoms with Crippen LogP contribution in [-0.4, -0.2) is 16.2 Å². The number of nitrogens with zero attached hydrogens (tertiary/aromatic N) is 3. The van der Waals surface area contributed by atoms with Crippen molar-refractivity contribution in [2.45, 2.75) is 5.16 Å². The van der Waals surface area contributed by atoms with Gasteiger partial charge in [0.2, 0.25) is 0 Å². The van der Waals surface area contributed by atoms with Gasteiger partial charge in [-0.25, -0.2) is 9.97 Å². The quantitative estimate of drug-likeness (QED) is 0.348. The van der Waals surface area contributed by atoms with Crippen molar-refractivity contribution in [1.82, 2.24) is 9.97 Å². The summed E-state index contributed by atoms with van der Waals surface area (Å²) in [6, 6.07) is 1.84. The molecule has 0 aromatic carbocycles. The number of allylic oxidation sites excluding steroid dienone is 1. The molecular formula is C8H5Cl2N3S. The summed E-state index contributed by atoms with van der Waals surface area (Å²) >= 11 is 13.0. The molecule has 3 nitrogen and oxygen atoms in total. The molecule has 0 aliphatic carbocycles. The highest BCUT2D eigenvalue weighted by molar-refractivity contribution is 7.98. The molecule has 72 valence electrons. The standard InChI is InChI=1S/C8H5Cl2N3S/c1-14-8-12-6(9)5(3-2-4-11)7(10)13-8/h2-3H,1H3. The summed E-state index contributed by atoms with van der Waals surface area (Å²) in [5.41, 5.74) is 0.465. The summed E-state index contributed by atoms with van der Waals surface area (Å²) in [6.45, 7) is 0. The van der Waals surface area contributed by atoms with Crippen molar-refractivity contribution in [3.63, 3.8) is 0 Å². The molecule has 1 aromatic rings. The molecule has 0 aliphatic rings. The van der Waals surface area contributed by atoms with Gasteiger partial charge in [-0.3, -0.25) is 0 Å². The zero-order valence-electron chi connectivity index (χ0n) is 7.16. The second kappa shape index (κ2) is 5.20. The van der Waals surface area contributed by atoms with Crippen molar-refractivity contribution < 1.29 is 0 Å². The van der Waals surface area contributed by atoms with E-state index in [1.165, 1.54) is 23.9 Å².